The first kappa shape index (κ1) is 18.3. The summed E-state index contributed by atoms with van der Waals surface area (Å²) in [4.78, 5) is 24.2. The first-order valence-corrected chi connectivity index (χ1v) is 7.91. The molecule has 2 N–H and O–H groups in total. The summed E-state index contributed by atoms with van der Waals surface area (Å²) in [6, 6.07) is 12.5. The van der Waals surface area contributed by atoms with Gasteiger partial charge in [0.1, 0.15) is 11.5 Å². The van der Waals surface area contributed by atoms with Gasteiger partial charge in [0.25, 0.3) is 5.91 Å². The van der Waals surface area contributed by atoms with E-state index in [1.165, 1.54) is 7.11 Å². The van der Waals surface area contributed by atoms with Gasteiger partial charge in [-0.05, 0) is 30.7 Å². The molecule has 0 spiro atoms. The summed E-state index contributed by atoms with van der Waals surface area (Å²) in [7, 11) is 3.08. The molecule has 2 amide bonds. The summed E-state index contributed by atoms with van der Waals surface area (Å²) >= 11 is 0. The van der Waals surface area contributed by atoms with E-state index >= 15 is 0 Å². The molecule has 0 atom stereocenters. The van der Waals surface area contributed by atoms with Gasteiger partial charge in [-0.1, -0.05) is 18.2 Å². The maximum atomic E-state index is 12.1. The van der Waals surface area contributed by atoms with Crippen molar-refractivity contribution in [2.45, 2.75) is 13.3 Å². The number of carbonyl (C=O) groups excluding carboxylic acids is 2. The number of aryl methyl sites for hydroxylation is 1. The van der Waals surface area contributed by atoms with Crippen molar-refractivity contribution in [3.05, 3.63) is 53.6 Å². The number of methoxy groups -OCH3 is 2. The Morgan fingerprint density at radius 2 is 1.80 bits per heavy atom. The standard InChI is InChI=1S/C19H22N2O4/c1-13-6-4-5-7-15(13)19(23)20-11-10-18(22)21-16-12-14(24-2)8-9-17(16)25-3/h4-9,12H,10-11H2,1-3H3,(H,20,23)(H,21,22). The molecule has 0 aliphatic rings. The van der Waals surface area contributed by atoms with Crippen LogP contribution in [0.25, 0.3) is 0 Å². The Balaban J connectivity index is 1.89. The Morgan fingerprint density at radius 1 is 1.04 bits per heavy atom. The lowest BCUT2D eigenvalue weighted by molar-refractivity contribution is -0.116. The van der Waals surface area contributed by atoms with E-state index in [2.05, 4.69) is 10.6 Å². The SMILES string of the molecule is COc1ccc(OC)c(NC(=O)CCNC(=O)c2ccccc2C)c1. The second-order valence-corrected chi connectivity index (χ2v) is 5.44. The van der Waals surface area contributed by atoms with Crippen molar-refractivity contribution in [2.24, 2.45) is 0 Å². The maximum Gasteiger partial charge on any atom is 0.251 e. The van der Waals surface area contributed by atoms with Crippen molar-refractivity contribution in [1.82, 2.24) is 5.32 Å². The topological polar surface area (TPSA) is 76.7 Å². The summed E-state index contributed by atoms with van der Waals surface area (Å²) < 4.78 is 10.4. The van der Waals surface area contributed by atoms with Crippen LogP contribution < -0.4 is 20.1 Å². The molecular formula is C19H22N2O4. The van der Waals surface area contributed by atoms with Gasteiger partial charge in [0, 0.05) is 24.6 Å². The fourth-order valence-electron chi connectivity index (χ4n) is 2.34. The second kappa shape index (κ2) is 8.73. The molecule has 2 rings (SSSR count). The fraction of sp³-hybridized carbons (Fsp3) is 0.263. The highest BCUT2D eigenvalue weighted by Crippen LogP contribution is 2.28. The lowest BCUT2D eigenvalue weighted by atomic mass is 10.1. The monoisotopic (exact) mass is 342 g/mol. The normalized spacial score (nSPS) is 10.0. The van der Waals surface area contributed by atoms with Crippen molar-refractivity contribution in [3.8, 4) is 11.5 Å². The number of carbonyl (C=O) groups is 2. The smallest absolute Gasteiger partial charge is 0.251 e. The van der Waals surface area contributed by atoms with Crippen molar-refractivity contribution >= 4 is 17.5 Å². The van der Waals surface area contributed by atoms with Crippen LogP contribution in [0.2, 0.25) is 0 Å². The molecular weight excluding hydrogens is 320 g/mol. The molecule has 0 aliphatic heterocycles. The molecule has 0 fully saturated rings. The quantitative estimate of drug-likeness (QED) is 0.811. The molecule has 25 heavy (non-hydrogen) atoms. The number of benzene rings is 2. The van der Waals surface area contributed by atoms with Gasteiger partial charge in [0.15, 0.2) is 0 Å². The fourth-order valence-corrected chi connectivity index (χ4v) is 2.34. The molecule has 0 aromatic heterocycles. The third-order valence-corrected chi connectivity index (χ3v) is 3.71. The summed E-state index contributed by atoms with van der Waals surface area (Å²) in [6.45, 7) is 2.11. The number of hydrogen-bond donors (Lipinski definition) is 2. The van der Waals surface area contributed by atoms with Crippen molar-refractivity contribution in [3.63, 3.8) is 0 Å². The minimum absolute atomic E-state index is 0.151. The molecule has 0 saturated carbocycles. The summed E-state index contributed by atoms with van der Waals surface area (Å²) in [5.74, 6) is 0.739. The van der Waals surface area contributed by atoms with Gasteiger partial charge in [-0.3, -0.25) is 9.59 Å². The Morgan fingerprint density at radius 3 is 2.48 bits per heavy atom. The van der Waals surface area contributed by atoms with E-state index < -0.39 is 0 Å². The zero-order valence-electron chi connectivity index (χ0n) is 14.6. The minimum atomic E-state index is -0.225. The number of ether oxygens (including phenoxy) is 2. The molecule has 2 aromatic carbocycles. The van der Waals surface area contributed by atoms with Crippen LogP contribution in [-0.2, 0) is 4.79 Å². The van der Waals surface area contributed by atoms with Gasteiger partial charge in [-0.2, -0.15) is 0 Å². The molecule has 0 aliphatic carbocycles. The van der Waals surface area contributed by atoms with E-state index in [4.69, 9.17) is 9.47 Å². The van der Waals surface area contributed by atoms with Crippen LogP contribution in [0.15, 0.2) is 42.5 Å². The number of hydrogen-bond acceptors (Lipinski definition) is 4. The van der Waals surface area contributed by atoms with Crippen LogP contribution in [0.3, 0.4) is 0 Å². The summed E-state index contributed by atoms with van der Waals surface area (Å²) in [6.07, 6.45) is 0.151. The number of rotatable bonds is 7. The van der Waals surface area contributed by atoms with Crippen molar-refractivity contribution < 1.29 is 19.1 Å². The Hall–Kier alpha value is -3.02. The van der Waals surface area contributed by atoms with Crippen LogP contribution >= 0.6 is 0 Å². The van der Waals surface area contributed by atoms with E-state index in [9.17, 15) is 9.59 Å². The molecule has 6 nitrogen and oxygen atoms in total. The van der Waals surface area contributed by atoms with Crippen LogP contribution in [0, 0.1) is 6.92 Å². The highest BCUT2D eigenvalue weighted by Gasteiger charge is 2.11. The van der Waals surface area contributed by atoms with Crippen LogP contribution in [0.1, 0.15) is 22.3 Å². The third-order valence-electron chi connectivity index (χ3n) is 3.71. The maximum absolute atomic E-state index is 12.1. The molecule has 0 saturated heterocycles. The first-order valence-electron chi connectivity index (χ1n) is 7.91. The van der Waals surface area contributed by atoms with E-state index in [1.807, 2.05) is 25.1 Å². The predicted molar refractivity (Wildman–Crippen MR) is 96.3 cm³/mol. The highest BCUT2D eigenvalue weighted by molar-refractivity contribution is 5.96. The molecule has 0 radical (unpaired) electrons. The largest absolute Gasteiger partial charge is 0.497 e. The molecule has 0 heterocycles. The Bertz CT molecular complexity index is 759. The van der Waals surface area contributed by atoms with E-state index in [1.54, 1.807) is 31.4 Å². The summed E-state index contributed by atoms with van der Waals surface area (Å²) in [5.41, 5.74) is 2.03. The van der Waals surface area contributed by atoms with E-state index in [0.717, 1.165) is 5.56 Å². The van der Waals surface area contributed by atoms with Crippen LogP contribution in [0.4, 0.5) is 5.69 Å². The van der Waals surface area contributed by atoms with Gasteiger partial charge in [0.2, 0.25) is 5.91 Å². The van der Waals surface area contributed by atoms with Crippen LogP contribution in [-0.4, -0.2) is 32.6 Å². The number of nitrogens with one attached hydrogen (secondary N) is 2. The van der Waals surface area contributed by atoms with Gasteiger partial charge < -0.3 is 20.1 Å². The lowest BCUT2D eigenvalue weighted by Crippen LogP contribution is -2.28. The van der Waals surface area contributed by atoms with Gasteiger partial charge in [0.05, 0.1) is 19.9 Å². The molecule has 2 aromatic rings. The van der Waals surface area contributed by atoms with Crippen molar-refractivity contribution in [2.75, 3.05) is 26.1 Å². The predicted octanol–water partition coefficient (Wildman–Crippen LogP) is 2.77. The zero-order valence-corrected chi connectivity index (χ0v) is 14.6. The van der Waals surface area contributed by atoms with Gasteiger partial charge in [-0.25, -0.2) is 0 Å². The van der Waals surface area contributed by atoms with Gasteiger partial charge in [-0.15, -0.1) is 0 Å². The Labute approximate surface area is 147 Å². The first-order chi connectivity index (χ1) is 12.0. The minimum Gasteiger partial charge on any atom is -0.497 e. The molecule has 0 unspecified atom stereocenters. The zero-order chi connectivity index (χ0) is 18.2. The summed E-state index contributed by atoms with van der Waals surface area (Å²) in [5, 5.41) is 5.52. The molecule has 132 valence electrons. The third kappa shape index (κ3) is 4.97. The van der Waals surface area contributed by atoms with E-state index in [0.29, 0.717) is 22.7 Å². The average Bonchev–Trinajstić information content (AvgIpc) is 2.61. The van der Waals surface area contributed by atoms with Crippen molar-refractivity contribution in [1.29, 1.82) is 0 Å². The average molecular weight is 342 g/mol. The molecule has 6 heteroatoms. The number of amides is 2. The second-order valence-electron chi connectivity index (χ2n) is 5.44. The van der Waals surface area contributed by atoms with Crippen LogP contribution in [0.5, 0.6) is 11.5 Å². The van der Waals surface area contributed by atoms with E-state index in [-0.39, 0.29) is 24.8 Å². The Kier molecular flexibility index (Phi) is 6.39. The lowest BCUT2D eigenvalue weighted by Gasteiger charge is -2.12. The van der Waals surface area contributed by atoms with Gasteiger partial charge >= 0.3 is 0 Å². The molecule has 0 bridgehead atoms. The highest BCUT2D eigenvalue weighted by atomic mass is 16.5. The number of anilines is 1.